The molecule has 0 spiro atoms. The summed E-state index contributed by atoms with van der Waals surface area (Å²) < 4.78 is 0. The number of piperazine rings is 1. The first kappa shape index (κ1) is 14.2. The molecule has 19 heavy (non-hydrogen) atoms. The van der Waals surface area contributed by atoms with E-state index in [9.17, 15) is 0 Å². The Morgan fingerprint density at radius 3 is 2.74 bits per heavy atom. The summed E-state index contributed by atoms with van der Waals surface area (Å²) in [7, 11) is 0. The Bertz CT molecular complexity index is 304. The first-order valence-electron chi connectivity index (χ1n) is 8.04. The van der Waals surface area contributed by atoms with E-state index in [1.165, 1.54) is 63.2 Å². The predicted molar refractivity (Wildman–Crippen MR) is 83.7 cm³/mol. The van der Waals surface area contributed by atoms with Crippen LogP contribution in [-0.2, 0) is 0 Å². The van der Waals surface area contributed by atoms with Crippen LogP contribution in [0, 0.1) is 0 Å². The molecule has 3 aliphatic heterocycles. The van der Waals surface area contributed by atoms with Crippen LogP contribution in [0.5, 0.6) is 0 Å². The Labute approximate surface area is 122 Å². The van der Waals surface area contributed by atoms with Gasteiger partial charge in [-0.15, -0.1) is 0 Å². The molecule has 0 aromatic carbocycles. The highest BCUT2D eigenvalue weighted by molar-refractivity contribution is 7.99. The molecule has 3 aliphatic rings. The molecule has 2 N–H and O–H groups in total. The van der Waals surface area contributed by atoms with Gasteiger partial charge in [-0.3, -0.25) is 9.80 Å². The third-order valence-corrected chi connectivity index (χ3v) is 6.59. The van der Waals surface area contributed by atoms with Crippen molar-refractivity contribution in [2.24, 2.45) is 5.73 Å². The molecule has 0 aromatic heterocycles. The van der Waals surface area contributed by atoms with Crippen molar-refractivity contribution >= 4 is 11.8 Å². The second-order valence-corrected chi connectivity index (χ2v) is 7.91. The Hall–Kier alpha value is 0.230. The van der Waals surface area contributed by atoms with Crippen LogP contribution < -0.4 is 5.73 Å². The smallest absolute Gasteiger partial charge is 0.0351 e. The van der Waals surface area contributed by atoms with Gasteiger partial charge in [-0.05, 0) is 50.7 Å². The van der Waals surface area contributed by atoms with Gasteiger partial charge in [0.25, 0.3) is 0 Å². The zero-order valence-electron chi connectivity index (χ0n) is 12.3. The van der Waals surface area contributed by atoms with Crippen molar-refractivity contribution in [2.45, 2.75) is 56.7 Å². The van der Waals surface area contributed by atoms with Crippen molar-refractivity contribution in [1.82, 2.24) is 9.80 Å². The van der Waals surface area contributed by atoms with Gasteiger partial charge in [-0.25, -0.2) is 0 Å². The Morgan fingerprint density at radius 2 is 2.00 bits per heavy atom. The molecule has 3 rings (SSSR count). The lowest BCUT2D eigenvalue weighted by Crippen LogP contribution is -2.67. The summed E-state index contributed by atoms with van der Waals surface area (Å²) in [5, 5.41) is 0. The number of fused-ring (bicyclic) bond motifs is 1. The molecule has 3 nitrogen and oxygen atoms in total. The lowest BCUT2D eigenvalue weighted by Gasteiger charge is -2.56. The fourth-order valence-electron chi connectivity index (χ4n) is 4.37. The molecule has 0 amide bonds. The predicted octanol–water partition coefficient (Wildman–Crippen LogP) is 1.77. The quantitative estimate of drug-likeness (QED) is 0.837. The van der Waals surface area contributed by atoms with Crippen molar-refractivity contribution in [3.05, 3.63) is 0 Å². The minimum atomic E-state index is 0.314. The van der Waals surface area contributed by atoms with Gasteiger partial charge in [0.05, 0.1) is 0 Å². The standard InChI is InChI=1S/C15H29N3S/c1-13-10-17-7-3-2-4-14(17)11-18(13)15(12-16)5-8-19-9-6-15/h13-14H,2-12,16H2,1H3. The molecule has 3 heterocycles. The van der Waals surface area contributed by atoms with Gasteiger partial charge in [-0.1, -0.05) is 6.42 Å². The van der Waals surface area contributed by atoms with E-state index >= 15 is 0 Å². The summed E-state index contributed by atoms with van der Waals surface area (Å²) in [5.41, 5.74) is 6.55. The second kappa shape index (κ2) is 5.92. The molecule has 0 radical (unpaired) electrons. The Morgan fingerprint density at radius 1 is 1.21 bits per heavy atom. The number of thioether (sulfide) groups is 1. The number of hydrogen-bond donors (Lipinski definition) is 1. The van der Waals surface area contributed by atoms with Crippen LogP contribution in [0.4, 0.5) is 0 Å². The maximum absolute atomic E-state index is 6.23. The third kappa shape index (κ3) is 2.69. The molecule has 4 heteroatoms. The van der Waals surface area contributed by atoms with E-state index < -0.39 is 0 Å². The van der Waals surface area contributed by atoms with Gasteiger partial charge in [0.15, 0.2) is 0 Å². The van der Waals surface area contributed by atoms with E-state index in [1.807, 2.05) is 0 Å². The summed E-state index contributed by atoms with van der Waals surface area (Å²) in [6.45, 7) is 7.13. The Balaban J connectivity index is 1.75. The first-order chi connectivity index (χ1) is 9.25. The van der Waals surface area contributed by atoms with Gasteiger partial charge in [-0.2, -0.15) is 11.8 Å². The van der Waals surface area contributed by atoms with Crippen LogP contribution in [0.25, 0.3) is 0 Å². The molecule has 2 atom stereocenters. The molecule has 0 aromatic rings. The van der Waals surface area contributed by atoms with Crippen molar-refractivity contribution in [3.8, 4) is 0 Å². The summed E-state index contributed by atoms with van der Waals surface area (Å²) in [6, 6.07) is 1.49. The van der Waals surface area contributed by atoms with Crippen LogP contribution in [0.3, 0.4) is 0 Å². The summed E-state index contributed by atoms with van der Waals surface area (Å²) in [6.07, 6.45) is 6.83. The highest BCUT2D eigenvalue weighted by atomic mass is 32.2. The van der Waals surface area contributed by atoms with Gasteiger partial charge in [0.2, 0.25) is 0 Å². The van der Waals surface area contributed by atoms with Crippen molar-refractivity contribution in [3.63, 3.8) is 0 Å². The number of hydrogen-bond acceptors (Lipinski definition) is 4. The number of rotatable bonds is 2. The monoisotopic (exact) mass is 283 g/mol. The molecule has 3 fully saturated rings. The van der Waals surface area contributed by atoms with Crippen LogP contribution in [0.2, 0.25) is 0 Å². The minimum Gasteiger partial charge on any atom is -0.329 e. The molecule has 0 saturated carbocycles. The molecule has 0 aliphatic carbocycles. The van der Waals surface area contributed by atoms with Gasteiger partial charge >= 0.3 is 0 Å². The highest BCUT2D eigenvalue weighted by Crippen LogP contribution is 2.36. The normalized spacial score (nSPS) is 36.9. The molecule has 0 bridgehead atoms. The third-order valence-electron chi connectivity index (χ3n) is 5.60. The fraction of sp³-hybridized carbons (Fsp3) is 1.00. The zero-order chi connectivity index (χ0) is 13.3. The largest absolute Gasteiger partial charge is 0.329 e. The van der Waals surface area contributed by atoms with Crippen LogP contribution in [0.1, 0.15) is 39.0 Å². The van der Waals surface area contributed by atoms with Crippen molar-refractivity contribution in [1.29, 1.82) is 0 Å². The summed E-state index contributed by atoms with van der Waals surface area (Å²) in [5.74, 6) is 2.60. The Kier molecular flexibility index (Phi) is 4.42. The van der Waals surface area contributed by atoms with Gasteiger partial charge in [0, 0.05) is 37.3 Å². The minimum absolute atomic E-state index is 0.314. The van der Waals surface area contributed by atoms with E-state index in [-0.39, 0.29) is 0 Å². The van der Waals surface area contributed by atoms with Crippen molar-refractivity contribution < 1.29 is 0 Å². The van der Waals surface area contributed by atoms with E-state index in [4.69, 9.17) is 5.73 Å². The van der Waals surface area contributed by atoms with E-state index in [0.717, 1.165) is 12.6 Å². The molecule has 110 valence electrons. The zero-order valence-corrected chi connectivity index (χ0v) is 13.1. The molecular formula is C15H29N3S. The number of piperidine rings is 1. The first-order valence-corrected chi connectivity index (χ1v) is 9.19. The molecular weight excluding hydrogens is 254 g/mol. The summed E-state index contributed by atoms with van der Waals surface area (Å²) in [4.78, 5) is 5.55. The van der Waals surface area contributed by atoms with Crippen LogP contribution in [0.15, 0.2) is 0 Å². The van der Waals surface area contributed by atoms with Crippen molar-refractivity contribution in [2.75, 3.05) is 37.7 Å². The van der Waals surface area contributed by atoms with E-state index in [2.05, 4.69) is 28.5 Å². The SMILES string of the molecule is CC1CN2CCCCC2CN1C1(CN)CCSCC1. The lowest BCUT2D eigenvalue weighted by molar-refractivity contribution is -0.0483. The summed E-state index contributed by atoms with van der Waals surface area (Å²) >= 11 is 2.11. The second-order valence-electron chi connectivity index (χ2n) is 6.69. The maximum atomic E-state index is 6.23. The molecule has 3 saturated heterocycles. The van der Waals surface area contributed by atoms with E-state index in [1.54, 1.807) is 0 Å². The average Bonchev–Trinajstić information content (AvgIpc) is 2.47. The average molecular weight is 283 g/mol. The number of nitrogens with zero attached hydrogens (tertiary/aromatic N) is 2. The van der Waals surface area contributed by atoms with Crippen LogP contribution >= 0.6 is 11.8 Å². The van der Waals surface area contributed by atoms with Crippen LogP contribution in [-0.4, -0.2) is 65.1 Å². The maximum Gasteiger partial charge on any atom is 0.0351 e. The van der Waals surface area contributed by atoms with E-state index in [0.29, 0.717) is 11.6 Å². The lowest BCUT2D eigenvalue weighted by atomic mass is 9.85. The highest BCUT2D eigenvalue weighted by Gasteiger charge is 2.44. The van der Waals surface area contributed by atoms with Gasteiger partial charge in [0.1, 0.15) is 0 Å². The fourth-order valence-corrected chi connectivity index (χ4v) is 5.63. The molecule has 2 unspecified atom stereocenters. The van der Waals surface area contributed by atoms with Gasteiger partial charge < -0.3 is 5.73 Å². The number of nitrogens with two attached hydrogens (primary N) is 1. The topological polar surface area (TPSA) is 32.5 Å².